The average Bonchev–Trinajstić information content (AvgIpc) is 3.06. The summed E-state index contributed by atoms with van der Waals surface area (Å²) in [5.41, 5.74) is 3.05. The minimum Gasteiger partial charge on any atom is -0.338 e. The quantitative estimate of drug-likeness (QED) is 0.654. The predicted molar refractivity (Wildman–Crippen MR) is 103 cm³/mol. The van der Waals surface area contributed by atoms with Gasteiger partial charge in [-0.25, -0.2) is 9.37 Å². The number of H-pyrrole nitrogens is 1. The first-order chi connectivity index (χ1) is 12.2. The van der Waals surface area contributed by atoms with E-state index in [9.17, 15) is 9.18 Å². The van der Waals surface area contributed by atoms with Crippen LogP contribution in [0.2, 0.25) is 0 Å². The number of carbonyl (C=O) groups excluding carboxylic acids is 1. The molecule has 1 aromatic heterocycles. The van der Waals surface area contributed by atoms with Crippen LogP contribution < -0.4 is 10.6 Å². The molecule has 0 aliphatic carbocycles. The molecule has 26 heavy (non-hydrogen) atoms. The van der Waals surface area contributed by atoms with Crippen LogP contribution in [-0.4, -0.2) is 29.0 Å². The summed E-state index contributed by atoms with van der Waals surface area (Å²) in [6.45, 7) is 1.79. The third-order valence-electron chi connectivity index (χ3n) is 4.58. The zero-order valence-electron chi connectivity index (χ0n) is 14.1. The SMILES string of the molecule is Cl.O=C(Nc1ccc(-c2nc3ccc(F)cc3[nH]2)cc1)C1CCNCC1. The minimum absolute atomic E-state index is 0. The summed E-state index contributed by atoms with van der Waals surface area (Å²) >= 11 is 0. The molecule has 0 bridgehead atoms. The van der Waals surface area contributed by atoms with E-state index in [0.717, 1.165) is 42.7 Å². The number of aromatic nitrogens is 2. The highest BCUT2D eigenvalue weighted by Crippen LogP contribution is 2.23. The van der Waals surface area contributed by atoms with Crippen molar-refractivity contribution >= 4 is 35.0 Å². The van der Waals surface area contributed by atoms with Crippen LogP contribution in [0, 0.1) is 11.7 Å². The van der Waals surface area contributed by atoms with E-state index in [1.54, 1.807) is 6.07 Å². The zero-order valence-corrected chi connectivity index (χ0v) is 14.9. The molecular formula is C19H20ClFN4O. The van der Waals surface area contributed by atoms with Crippen LogP contribution >= 0.6 is 12.4 Å². The molecular weight excluding hydrogens is 355 g/mol. The van der Waals surface area contributed by atoms with Gasteiger partial charge in [0.05, 0.1) is 11.0 Å². The maximum absolute atomic E-state index is 13.3. The molecule has 2 heterocycles. The molecule has 1 aliphatic heterocycles. The molecule has 0 spiro atoms. The van der Waals surface area contributed by atoms with Crippen LogP contribution in [0.5, 0.6) is 0 Å². The van der Waals surface area contributed by atoms with Crippen molar-refractivity contribution in [3.63, 3.8) is 0 Å². The Morgan fingerprint density at radius 3 is 2.58 bits per heavy atom. The summed E-state index contributed by atoms with van der Waals surface area (Å²) in [6, 6.07) is 12.0. The summed E-state index contributed by atoms with van der Waals surface area (Å²) in [6.07, 6.45) is 1.75. The number of amides is 1. The number of carbonyl (C=O) groups is 1. The lowest BCUT2D eigenvalue weighted by Crippen LogP contribution is -2.34. The second kappa shape index (κ2) is 7.85. The highest BCUT2D eigenvalue weighted by Gasteiger charge is 2.20. The van der Waals surface area contributed by atoms with Gasteiger partial charge in [-0.2, -0.15) is 0 Å². The van der Waals surface area contributed by atoms with Crippen LogP contribution in [0.4, 0.5) is 10.1 Å². The van der Waals surface area contributed by atoms with E-state index in [0.29, 0.717) is 11.3 Å². The highest BCUT2D eigenvalue weighted by atomic mass is 35.5. The molecule has 1 saturated heterocycles. The number of rotatable bonds is 3. The number of piperidine rings is 1. The third-order valence-corrected chi connectivity index (χ3v) is 4.58. The van der Waals surface area contributed by atoms with Gasteiger partial charge in [-0.1, -0.05) is 0 Å². The first-order valence-electron chi connectivity index (χ1n) is 8.46. The molecule has 0 radical (unpaired) electrons. The van der Waals surface area contributed by atoms with Gasteiger partial charge in [0, 0.05) is 17.2 Å². The van der Waals surface area contributed by atoms with Crippen molar-refractivity contribution in [2.24, 2.45) is 5.92 Å². The van der Waals surface area contributed by atoms with Gasteiger partial charge in [0.15, 0.2) is 0 Å². The lowest BCUT2D eigenvalue weighted by atomic mass is 9.97. The highest BCUT2D eigenvalue weighted by molar-refractivity contribution is 5.93. The first-order valence-corrected chi connectivity index (χ1v) is 8.46. The number of halogens is 2. The van der Waals surface area contributed by atoms with Gasteiger partial charge in [-0.05, 0) is 68.4 Å². The van der Waals surface area contributed by atoms with E-state index in [1.165, 1.54) is 12.1 Å². The van der Waals surface area contributed by atoms with E-state index in [-0.39, 0.29) is 30.0 Å². The standard InChI is InChI=1S/C19H19FN4O.ClH/c20-14-3-6-16-17(11-14)24-18(23-16)12-1-4-15(5-2-12)22-19(25)13-7-9-21-10-8-13;/h1-6,11,13,21H,7-10H2,(H,22,25)(H,23,24);1H. The second-order valence-electron chi connectivity index (χ2n) is 6.34. The van der Waals surface area contributed by atoms with Crippen molar-refractivity contribution < 1.29 is 9.18 Å². The molecule has 2 aromatic carbocycles. The smallest absolute Gasteiger partial charge is 0.227 e. The zero-order chi connectivity index (χ0) is 17.2. The Labute approximate surface area is 156 Å². The summed E-state index contributed by atoms with van der Waals surface area (Å²) < 4.78 is 13.3. The summed E-state index contributed by atoms with van der Waals surface area (Å²) in [7, 11) is 0. The molecule has 1 fully saturated rings. The van der Waals surface area contributed by atoms with Gasteiger partial charge in [-0.3, -0.25) is 4.79 Å². The van der Waals surface area contributed by atoms with Gasteiger partial charge in [0.1, 0.15) is 11.6 Å². The summed E-state index contributed by atoms with van der Waals surface area (Å²) in [4.78, 5) is 19.9. The van der Waals surface area contributed by atoms with Gasteiger partial charge in [0.25, 0.3) is 0 Å². The molecule has 4 rings (SSSR count). The van der Waals surface area contributed by atoms with Crippen LogP contribution in [0.25, 0.3) is 22.4 Å². The Balaban J connectivity index is 0.00000196. The molecule has 3 aromatic rings. The topological polar surface area (TPSA) is 69.8 Å². The molecule has 7 heteroatoms. The molecule has 136 valence electrons. The van der Waals surface area contributed by atoms with Crippen molar-refractivity contribution in [3.05, 3.63) is 48.3 Å². The Kier molecular flexibility index (Phi) is 5.54. The van der Waals surface area contributed by atoms with E-state index in [2.05, 4.69) is 20.6 Å². The van der Waals surface area contributed by atoms with Crippen molar-refractivity contribution in [1.29, 1.82) is 0 Å². The molecule has 1 aliphatic rings. The molecule has 5 nitrogen and oxygen atoms in total. The third kappa shape index (κ3) is 3.86. The number of nitrogens with one attached hydrogen (secondary N) is 3. The number of hydrogen-bond donors (Lipinski definition) is 3. The Bertz CT molecular complexity index is 904. The largest absolute Gasteiger partial charge is 0.338 e. The Morgan fingerprint density at radius 2 is 1.85 bits per heavy atom. The maximum Gasteiger partial charge on any atom is 0.227 e. The monoisotopic (exact) mass is 374 g/mol. The van der Waals surface area contributed by atoms with Crippen molar-refractivity contribution in [2.45, 2.75) is 12.8 Å². The number of anilines is 1. The van der Waals surface area contributed by atoms with Gasteiger partial charge in [0.2, 0.25) is 5.91 Å². The molecule has 0 saturated carbocycles. The van der Waals surface area contributed by atoms with Crippen molar-refractivity contribution in [2.75, 3.05) is 18.4 Å². The fourth-order valence-corrected chi connectivity index (χ4v) is 3.16. The first kappa shape index (κ1) is 18.4. The fourth-order valence-electron chi connectivity index (χ4n) is 3.16. The molecule has 1 amide bonds. The number of fused-ring (bicyclic) bond motifs is 1. The van der Waals surface area contributed by atoms with Crippen molar-refractivity contribution in [1.82, 2.24) is 15.3 Å². The number of aromatic amines is 1. The van der Waals surface area contributed by atoms with Crippen molar-refractivity contribution in [3.8, 4) is 11.4 Å². The summed E-state index contributed by atoms with van der Waals surface area (Å²) in [5.74, 6) is 0.537. The lowest BCUT2D eigenvalue weighted by molar-refractivity contribution is -0.120. The lowest BCUT2D eigenvalue weighted by Gasteiger charge is -2.21. The number of imidazole rings is 1. The number of hydrogen-bond acceptors (Lipinski definition) is 3. The van der Waals surface area contributed by atoms with Gasteiger partial charge >= 0.3 is 0 Å². The van der Waals surface area contributed by atoms with Gasteiger partial charge in [-0.15, -0.1) is 12.4 Å². The van der Waals surface area contributed by atoms with E-state index >= 15 is 0 Å². The van der Waals surface area contributed by atoms with Gasteiger partial charge < -0.3 is 15.6 Å². The fraction of sp³-hybridized carbons (Fsp3) is 0.263. The Hall–Kier alpha value is -2.44. The number of benzene rings is 2. The van der Waals surface area contributed by atoms with E-state index in [4.69, 9.17) is 0 Å². The summed E-state index contributed by atoms with van der Waals surface area (Å²) in [5, 5.41) is 6.24. The molecule has 3 N–H and O–H groups in total. The van der Waals surface area contributed by atoms with Crippen LogP contribution in [-0.2, 0) is 4.79 Å². The minimum atomic E-state index is -0.293. The maximum atomic E-state index is 13.3. The molecule has 0 unspecified atom stereocenters. The Morgan fingerprint density at radius 1 is 1.12 bits per heavy atom. The van der Waals surface area contributed by atoms with E-state index in [1.807, 2.05) is 24.3 Å². The average molecular weight is 375 g/mol. The van der Waals surface area contributed by atoms with Crippen LogP contribution in [0.3, 0.4) is 0 Å². The normalized spacial score (nSPS) is 14.8. The van der Waals surface area contributed by atoms with Crippen LogP contribution in [0.1, 0.15) is 12.8 Å². The van der Waals surface area contributed by atoms with Crippen LogP contribution in [0.15, 0.2) is 42.5 Å². The molecule has 0 atom stereocenters. The predicted octanol–water partition coefficient (Wildman–Crippen LogP) is 3.73. The second-order valence-corrected chi connectivity index (χ2v) is 6.34. The number of nitrogens with zero attached hydrogens (tertiary/aromatic N) is 1. The van der Waals surface area contributed by atoms with E-state index < -0.39 is 0 Å².